The molecule has 0 aromatic heterocycles. The lowest BCUT2D eigenvalue weighted by molar-refractivity contribution is -0.120. The molecule has 2 aromatic rings. The molecule has 0 aliphatic heterocycles. The number of nitrogens with zero attached hydrogens (tertiary/aromatic N) is 2. The Kier molecular flexibility index (Phi) is 7.15. The first-order valence-corrected chi connectivity index (χ1v) is 10.4. The minimum absolute atomic E-state index is 0.216. The van der Waals surface area contributed by atoms with Crippen LogP contribution < -0.4 is 9.62 Å². The van der Waals surface area contributed by atoms with Crippen LogP contribution in [0.5, 0.6) is 0 Å². The van der Waals surface area contributed by atoms with Gasteiger partial charge in [0.25, 0.3) is 0 Å². The first-order valence-electron chi connectivity index (χ1n) is 8.96. The topological polar surface area (TPSA) is 69.7 Å². The predicted molar refractivity (Wildman–Crippen MR) is 109 cm³/mol. The highest BCUT2D eigenvalue weighted by Gasteiger charge is 2.28. The van der Waals surface area contributed by atoms with E-state index < -0.39 is 28.5 Å². The van der Waals surface area contributed by atoms with Gasteiger partial charge in [0, 0.05) is 14.1 Å². The van der Waals surface area contributed by atoms with Crippen LogP contribution in [0.3, 0.4) is 0 Å². The number of rotatable bonds is 8. The molecule has 0 fully saturated rings. The number of hydrogen-bond donors (Lipinski definition) is 1. The average Bonchev–Trinajstić information content (AvgIpc) is 2.65. The van der Waals surface area contributed by atoms with Crippen LogP contribution in [0.15, 0.2) is 48.5 Å². The Hall–Kier alpha value is -2.45. The summed E-state index contributed by atoms with van der Waals surface area (Å²) in [7, 11) is -1.17. The molecule has 152 valence electrons. The first-order chi connectivity index (χ1) is 13.1. The molecule has 28 heavy (non-hydrogen) atoms. The Labute approximate surface area is 166 Å². The third-order valence-corrected chi connectivity index (χ3v) is 6.18. The molecule has 1 N–H and O–H groups in total. The smallest absolute Gasteiger partial charge is 0.304 e. The Morgan fingerprint density at radius 1 is 1.07 bits per heavy atom. The number of benzene rings is 2. The van der Waals surface area contributed by atoms with E-state index in [4.69, 9.17) is 0 Å². The number of nitrogens with one attached hydrogen (secondary N) is 1. The summed E-state index contributed by atoms with van der Waals surface area (Å²) in [6, 6.07) is 12.6. The van der Waals surface area contributed by atoms with Gasteiger partial charge in [0.05, 0.1) is 11.7 Å². The van der Waals surface area contributed by atoms with Gasteiger partial charge in [-0.15, -0.1) is 0 Å². The molecule has 0 aliphatic rings. The van der Waals surface area contributed by atoms with Gasteiger partial charge in [-0.05, 0) is 43.2 Å². The summed E-state index contributed by atoms with van der Waals surface area (Å²) in [6.07, 6.45) is 0.659. The molecule has 6 nitrogen and oxygen atoms in total. The van der Waals surface area contributed by atoms with Gasteiger partial charge in [0.1, 0.15) is 12.4 Å². The molecule has 0 saturated heterocycles. The van der Waals surface area contributed by atoms with E-state index in [1.807, 2.05) is 38.1 Å². The summed E-state index contributed by atoms with van der Waals surface area (Å²) in [6.45, 7) is 3.52. The Balaban J connectivity index is 2.24. The largest absolute Gasteiger partial charge is 0.348 e. The van der Waals surface area contributed by atoms with Crippen LogP contribution in [0, 0.1) is 12.7 Å². The molecule has 0 spiro atoms. The highest BCUT2D eigenvalue weighted by Crippen LogP contribution is 2.21. The van der Waals surface area contributed by atoms with Crippen LogP contribution in [0.1, 0.15) is 30.5 Å². The second-order valence-corrected chi connectivity index (χ2v) is 8.78. The molecular weight excluding hydrogens is 381 g/mol. The van der Waals surface area contributed by atoms with Crippen LogP contribution in [0.4, 0.5) is 10.1 Å². The van der Waals surface area contributed by atoms with E-state index in [2.05, 4.69) is 5.32 Å². The van der Waals surface area contributed by atoms with Crippen LogP contribution in [0.25, 0.3) is 0 Å². The van der Waals surface area contributed by atoms with E-state index in [1.165, 1.54) is 26.2 Å². The van der Waals surface area contributed by atoms with Crippen LogP contribution in [0.2, 0.25) is 0 Å². The van der Waals surface area contributed by atoms with E-state index in [-0.39, 0.29) is 11.7 Å². The second-order valence-electron chi connectivity index (χ2n) is 6.71. The number of hydrogen-bond acceptors (Lipinski definition) is 3. The molecule has 0 bridgehead atoms. The van der Waals surface area contributed by atoms with Crippen molar-refractivity contribution in [2.24, 2.45) is 0 Å². The average molecular weight is 408 g/mol. The summed E-state index contributed by atoms with van der Waals surface area (Å²) in [5.41, 5.74) is 2.28. The van der Waals surface area contributed by atoms with Gasteiger partial charge in [-0.3, -0.25) is 4.79 Å². The second kappa shape index (κ2) is 9.16. The first kappa shape index (κ1) is 21.8. The molecule has 0 heterocycles. The quantitative estimate of drug-likeness (QED) is 0.731. The number of carbonyl (C=O) groups is 1. The molecular formula is C20H26FN3O3S. The molecule has 8 heteroatoms. The summed E-state index contributed by atoms with van der Waals surface area (Å²) in [5.74, 6) is -0.928. The minimum Gasteiger partial charge on any atom is -0.348 e. The van der Waals surface area contributed by atoms with E-state index >= 15 is 0 Å². The number of amides is 1. The standard InChI is InChI=1S/C20H26FN3O3S/c1-5-19(16-8-6-15(2)7-9-16)22-20(25)14-24(28(26,27)23(3)4)18-12-10-17(21)11-13-18/h6-13,19H,5,14H2,1-4H3,(H,22,25)/t19-/m0/s1. The summed E-state index contributed by atoms with van der Waals surface area (Å²) in [4.78, 5) is 12.7. The third kappa shape index (κ3) is 5.30. The van der Waals surface area contributed by atoms with Gasteiger partial charge in [0.2, 0.25) is 5.91 Å². The van der Waals surface area contributed by atoms with Crippen LogP contribution in [-0.2, 0) is 15.0 Å². The Morgan fingerprint density at radius 3 is 2.14 bits per heavy atom. The van der Waals surface area contributed by atoms with Gasteiger partial charge < -0.3 is 5.32 Å². The molecule has 1 atom stereocenters. The zero-order valence-electron chi connectivity index (χ0n) is 16.5. The van der Waals surface area contributed by atoms with Crippen molar-refractivity contribution in [1.29, 1.82) is 0 Å². The van der Waals surface area contributed by atoms with E-state index in [0.29, 0.717) is 6.42 Å². The lowest BCUT2D eigenvalue weighted by atomic mass is 10.0. The lowest BCUT2D eigenvalue weighted by Gasteiger charge is -2.28. The van der Waals surface area contributed by atoms with Gasteiger partial charge in [-0.25, -0.2) is 8.70 Å². The van der Waals surface area contributed by atoms with Gasteiger partial charge in [-0.1, -0.05) is 36.8 Å². The van der Waals surface area contributed by atoms with Crippen molar-refractivity contribution in [1.82, 2.24) is 9.62 Å². The summed E-state index contributed by atoms with van der Waals surface area (Å²) >= 11 is 0. The zero-order chi connectivity index (χ0) is 20.9. The number of carbonyl (C=O) groups excluding carboxylic acids is 1. The maximum Gasteiger partial charge on any atom is 0.304 e. The maximum atomic E-state index is 13.2. The van der Waals surface area contributed by atoms with Crippen molar-refractivity contribution >= 4 is 21.8 Å². The molecule has 0 aliphatic carbocycles. The van der Waals surface area contributed by atoms with Gasteiger partial charge in [-0.2, -0.15) is 12.7 Å². The molecule has 2 rings (SSSR count). The molecule has 2 aromatic carbocycles. The van der Waals surface area contributed by atoms with E-state index in [0.717, 1.165) is 31.9 Å². The Morgan fingerprint density at radius 2 is 1.64 bits per heavy atom. The molecule has 1 amide bonds. The number of halogens is 1. The van der Waals surface area contributed by atoms with Gasteiger partial charge >= 0.3 is 10.2 Å². The number of anilines is 1. The molecule has 0 saturated carbocycles. The fourth-order valence-corrected chi connectivity index (χ4v) is 3.76. The van der Waals surface area contributed by atoms with Crippen molar-refractivity contribution in [3.05, 3.63) is 65.5 Å². The number of aryl methyl sites for hydroxylation is 1. The van der Waals surface area contributed by atoms with Crippen molar-refractivity contribution in [3.63, 3.8) is 0 Å². The normalized spacial score (nSPS) is 12.6. The predicted octanol–water partition coefficient (Wildman–Crippen LogP) is 3.01. The highest BCUT2D eigenvalue weighted by atomic mass is 32.2. The van der Waals surface area contributed by atoms with Crippen molar-refractivity contribution in [3.8, 4) is 0 Å². The summed E-state index contributed by atoms with van der Waals surface area (Å²) in [5, 5.41) is 2.89. The van der Waals surface area contributed by atoms with Crippen LogP contribution in [-0.4, -0.2) is 39.3 Å². The third-order valence-electron chi connectivity index (χ3n) is 4.36. The summed E-state index contributed by atoms with van der Waals surface area (Å²) < 4.78 is 40.6. The lowest BCUT2D eigenvalue weighted by Crippen LogP contribution is -2.46. The fraction of sp³-hybridized carbons (Fsp3) is 0.350. The van der Waals surface area contributed by atoms with E-state index in [1.54, 1.807) is 0 Å². The highest BCUT2D eigenvalue weighted by molar-refractivity contribution is 7.90. The van der Waals surface area contributed by atoms with Crippen LogP contribution >= 0.6 is 0 Å². The van der Waals surface area contributed by atoms with Crippen molar-refractivity contribution < 1.29 is 17.6 Å². The minimum atomic E-state index is -3.93. The Bertz CT molecular complexity index is 897. The monoisotopic (exact) mass is 407 g/mol. The van der Waals surface area contributed by atoms with E-state index in [9.17, 15) is 17.6 Å². The van der Waals surface area contributed by atoms with Gasteiger partial charge in [0.15, 0.2) is 0 Å². The molecule has 0 radical (unpaired) electrons. The SMILES string of the molecule is CC[C@H](NC(=O)CN(c1ccc(F)cc1)S(=O)(=O)N(C)C)c1ccc(C)cc1. The molecule has 0 unspecified atom stereocenters. The fourth-order valence-electron chi connectivity index (χ4n) is 2.70. The van der Waals surface area contributed by atoms with Crippen molar-refractivity contribution in [2.75, 3.05) is 24.9 Å². The maximum absolute atomic E-state index is 13.2. The van der Waals surface area contributed by atoms with Crippen molar-refractivity contribution in [2.45, 2.75) is 26.3 Å². The zero-order valence-corrected chi connectivity index (χ0v) is 17.3.